The zero-order valence-corrected chi connectivity index (χ0v) is 9.59. The van der Waals surface area contributed by atoms with E-state index in [1.807, 2.05) is 0 Å². The van der Waals surface area contributed by atoms with Crippen LogP contribution in [0, 0.1) is 0 Å². The van der Waals surface area contributed by atoms with Crippen molar-refractivity contribution in [2.24, 2.45) is 0 Å². The van der Waals surface area contributed by atoms with E-state index in [4.69, 9.17) is 4.74 Å². The highest BCUT2D eigenvalue weighted by atomic mass is 16.5. The van der Waals surface area contributed by atoms with Gasteiger partial charge in [0.1, 0.15) is 0 Å². The summed E-state index contributed by atoms with van der Waals surface area (Å²) in [6.45, 7) is 7.83. The first-order valence-electron chi connectivity index (χ1n) is 5.77. The van der Waals surface area contributed by atoms with Crippen molar-refractivity contribution >= 4 is 0 Å². The van der Waals surface area contributed by atoms with Crippen molar-refractivity contribution in [1.82, 2.24) is 10.2 Å². The van der Waals surface area contributed by atoms with Crippen LogP contribution in [0.3, 0.4) is 0 Å². The molecule has 1 saturated heterocycles. The number of rotatable bonds is 6. The SMILES string of the molecule is COC[C@H](C)NCCN1CCCCC1. The van der Waals surface area contributed by atoms with Crippen LogP contribution in [-0.4, -0.2) is 50.8 Å². The third-order valence-electron chi connectivity index (χ3n) is 2.79. The summed E-state index contributed by atoms with van der Waals surface area (Å²) in [5, 5.41) is 3.46. The predicted molar refractivity (Wildman–Crippen MR) is 59.6 cm³/mol. The molecule has 0 saturated carbocycles. The zero-order valence-electron chi connectivity index (χ0n) is 9.59. The molecule has 0 unspecified atom stereocenters. The van der Waals surface area contributed by atoms with Crippen LogP contribution in [0.15, 0.2) is 0 Å². The molecule has 0 aromatic heterocycles. The van der Waals surface area contributed by atoms with Crippen LogP contribution >= 0.6 is 0 Å². The highest BCUT2D eigenvalue weighted by Crippen LogP contribution is 2.07. The standard InChI is InChI=1S/C11H24N2O/c1-11(10-14-2)12-6-9-13-7-4-3-5-8-13/h11-12H,3-10H2,1-2H3/t11-/m0/s1. The Hall–Kier alpha value is -0.120. The van der Waals surface area contributed by atoms with Gasteiger partial charge >= 0.3 is 0 Å². The van der Waals surface area contributed by atoms with Crippen molar-refractivity contribution in [2.75, 3.05) is 39.9 Å². The summed E-state index contributed by atoms with van der Waals surface area (Å²) in [5.74, 6) is 0. The molecular weight excluding hydrogens is 176 g/mol. The van der Waals surface area contributed by atoms with Crippen LogP contribution in [0.5, 0.6) is 0 Å². The van der Waals surface area contributed by atoms with Crippen LogP contribution in [-0.2, 0) is 4.74 Å². The number of likely N-dealkylation sites (tertiary alicyclic amines) is 1. The van der Waals surface area contributed by atoms with Gasteiger partial charge in [-0.25, -0.2) is 0 Å². The summed E-state index contributed by atoms with van der Waals surface area (Å²) >= 11 is 0. The van der Waals surface area contributed by atoms with Gasteiger partial charge in [0.25, 0.3) is 0 Å². The minimum absolute atomic E-state index is 0.477. The summed E-state index contributed by atoms with van der Waals surface area (Å²) < 4.78 is 5.07. The Morgan fingerprint density at radius 3 is 2.64 bits per heavy atom. The van der Waals surface area contributed by atoms with E-state index in [1.54, 1.807) is 7.11 Å². The van der Waals surface area contributed by atoms with E-state index in [1.165, 1.54) is 38.9 Å². The molecule has 1 fully saturated rings. The fraction of sp³-hybridized carbons (Fsp3) is 1.00. The number of methoxy groups -OCH3 is 1. The first kappa shape index (κ1) is 12.0. The molecule has 0 radical (unpaired) electrons. The third-order valence-corrected chi connectivity index (χ3v) is 2.79. The Morgan fingerprint density at radius 2 is 2.00 bits per heavy atom. The zero-order chi connectivity index (χ0) is 10.2. The average molecular weight is 200 g/mol. The lowest BCUT2D eigenvalue weighted by Gasteiger charge is -2.27. The van der Waals surface area contributed by atoms with E-state index < -0.39 is 0 Å². The lowest BCUT2D eigenvalue weighted by atomic mass is 10.1. The van der Waals surface area contributed by atoms with Crippen LogP contribution < -0.4 is 5.32 Å². The monoisotopic (exact) mass is 200 g/mol. The highest BCUT2D eigenvalue weighted by Gasteiger charge is 2.09. The Kier molecular flexibility index (Phi) is 6.15. The maximum atomic E-state index is 5.07. The Balaban J connectivity index is 1.96. The van der Waals surface area contributed by atoms with Crippen molar-refractivity contribution in [3.8, 4) is 0 Å². The summed E-state index contributed by atoms with van der Waals surface area (Å²) in [6.07, 6.45) is 4.19. The first-order valence-corrected chi connectivity index (χ1v) is 5.77. The van der Waals surface area contributed by atoms with Crippen molar-refractivity contribution < 1.29 is 4.74 Å². The molecule has 0 aromatic carbocycles. The van der Waals surface area contributed by atoms with E-state index >= 15 is 0 Å². The van der Waals surface area contributed by atoms with Crippen molar-refractivity contribution in [3.05, 3.63) is 0 Å². The minimum Gasteiger partial charge on any atom is -0.383 e. The number of nitrogens with one attached hydrogen (secondary N) is 1. The normalized spacial score (nSPS) is 21.0. The van der Waals surface area contributed by atoms with Crippen molar-refractivity contribution in [3.63, 3.8) is 0 Å². The van der Waals surface area contributed by atoms with E-state index in [-0.39, 0.29) is 0 Å². The molecule has 84 valence electrons. The second-order valence-corrected chi connectivity index (χ2v) is 4.21. The minimum atomic E-state index is 0.477. The van der Waals surface area contributed by atoms with E-state index in [9.17, 15) is 0 Å². The molecule has 0 amide bonds. The van der Waals surface area contributed by atoms with Crippen LogP contribution in [0.1, 0.15) is 26.2 Å². The molecule has 3 nitrogen and oxygen atoms in total. The van der Waals surface area contributed by atoms with Crippen LogP contribution in [0.25, 0.3) is 0 Å². The van der Waals surface area contributed by atoms with Gasteiger partial charge in [0.2, 0.25) is 0 Å². The predicted octanol–water partition coefficient (Wildman–Crippen LogP) is 1.10. The number of nitrogens with zero attached hydrogens (tertiary/aromatic N) is 1. The maximum absolute atomic E-state index is 5.07. The molecular formula is C11H24N2O. The van der Waals surface area contributed by atoms with Gasteiger partial charge in [-0.2, -0.15) is 0 Å². The first-order chi connectivity index (χ1) is 6.83. The van der Waals surface area contributed by atoms with E-state index in [0.29, 0.717) is 6.04 Å². The van der Waals surface area contributed by atoms with Crippen LogP contribution in [0.2, 0.25) is 0 Å². The van der Waals surface area contributed by atoms with E-state index in [0.717, 1.165) is 13.2 Å². The number of hydrogen-bond donors (Lipinski definition) is 1. The van der Waals surface area contributed by atoms with Gasteiger partial charge in [0.15, 0.2) is 0 Å². The molecule has 1 heterocycles. The fourth-order valence-corrected chi connectivity index (χ4v) is 1.96. The number of ether oxygens (including phenoxy) is 1. The quantitative estimate of drug-likeness (QED) is 0.695. The second kappa shape index (κ2) is 7.21. The van der Waals surface area contributed by atoms with E-state index in [2.05, 4.69) is 17.1 Å². The third kappa shape index (κ3) is 4.94. The molecule has 1 aliphatic heterocycles. The molecule has 0 bridgehead atoms. The number of hydrogen-bond acceptors (Lipinski definition) is 3. The maximum Gasteiger partial charge on any atom is 0.0613 e. The Labute approximate surface area is 87.8 Å². The Morgan fingerprint density at radius 1 is 1.29 bits per heavy atom. The lowest BCUT2D eigenvalue weighted by Crippen LogP contribution is -2.39. The molecule has 0 spiro atoms. The Bertz CT molecular complexity index is 135. The van der Waals surface area contributed by atoms with Gasteiger partial charge in [0, 0.05) is 26.2 Å². The lowest BCUT2D eigenvalue weighted by molar-refractivity contribution is 0.167. The summed E-state index contributed by atoms with van der Waals surface area (Å²) in [7, 11) is 1.75. The number of piperidine rings is 1. The smallest absolute Gasteiger partial charge is 0.0613 e. The molecule has 1 aliphatic rings. The van der Waals surface area contributed by atoms with Gasteiger partial charge in [-0.15, -0.1) is 0 Å². The fourth-order valence-electron chi connectivity index (χ4n) is 1.96. The van der Waals surface area contributed by atoms with Gasteiger partial charge in [-0.1, -0.05) is 6.42 Å². The largest absolute Gasteiger partial charge is 0.383 e. The second-order valence-electron chi connectivity index (χ2n) is 4.21. The highest BCUT2D eigenvalue weighted by molar-refractivity contribution is 4.67. The molecule has 14 heavy (non-hydrogen) atoms. The topological polar surface area (TPSA) is 24.5 Å². The van der Waals surface area contributed by atoms with Crippen LogP contribution in [0.4, 0.5) is 0 Å². The van der Waals surface area contributed by atoms with Crippen molar-refractivity contribution in [2.45, 2.75) is 32.2 Å². The molecule has 1 rings (SSSR count). The summed E-state index contributed by atoms with van der Waals surface area (Å²) in [6, 6.07) is 0.477. The summed E-state index contributed by atoms with van der Waals surface area (Å²) in [5.41, 5.74) is 0. The van der Waals surface area contributed by atoms with Gasteiger partial charge in [0.05, 0.1) is 6.61 Å². The average Bonchev–Trinajstić information content (AvgIpc) is 2.20. The molecule has 1 atom stereocenters. The summed E-state index contributed by atoms with van der Waals surface area (Å²) in [4.78, 5) is 2.55. The van der Waals surface area contributed by atoms with Gasteiger partial charge in [-0.3, -0.25) is 0 Å². The molecule has 3 heteroatoms. The van der Waals surface area contributed by atoms with Crippen molar-refractivity contribution in [1.29, 1.82) is 0 Å². The molecule has 0 aromatic rings. The molecule has 0 aliphatic carbocycles. The van der Waals surface area contributed by atoms with Gasteiger partial charge < -0.3 is 15.0 Å². The van der Waals surface area contributed by atoms with Gasteiger partial charge in [-0.05, 0) is 32.9 Å². The molecule has 1 N–H and O–H groups in total.